The van der Waals surface area contributed by atoms with E-state index in [0.717, 1.165) is 37.3 Å². The maximum Gasteiger partial charge on any atom is 0.237 e. The Kier molecular flexibility index (Phi) is 5.68. The normalized spacial score (nSPS) is 18.4. The van der Waals surface area contributed by atoms with Gasteiger partial charge in [0, 0.05) is 0 Å². The van der Waals surface area contributed by atoms with Crippen molar-refractivity contribution in [3.8, 4) is 11.5 Å². The zero-order valence-corrected chi connectivity index (χ0v) is 11.9. The highest BCUT2D eigenvalue weighted by Crippen LogP contribution is 2.16. The van der Waals surface area contributed by atoms with Crippen LogP contribution in [-0.2, 0) is 4.79 Å². The number of hydrogen-bond donors (Lipinski definition) is 2. The molecule has 1 fully saturated rings. The number of methoxy groups -OCH3 is 1. The third kappa shape index (κ3) is 4.42. The fraction of sp³-hybridized carbons (Fsp3) is 0.533. The number of carbonyl (C=O) groups excluding carboxylic acids is 1. The Morgan fingerprint density at radius 2 is 2.05 bits per heavy atom. The van der Waals surface area contributed by atoms with Crippen molar-refractivity contribution in [1.29, 1.82) is 0 Å². The Balaban J connectivity index is 1.64. The average Bonchev–Trinajstić information content (AvgIpc) is 2.53. The molecule has 20 heavy (non-hydrogen) atoms. The van der Waals surface area contributed by atoms with Crippen LogP contribution in [0.25, 0.3) is 0 Å². The molecule has 1 saturated heterocycles. The summed E-state index contributed by atoms with van der Waals surface area (Å²) < 4.78 is 10.6. The van der Waals surface area contributed by atoms with Crippen LogP contribution in [0.5, 0.6) is 11.5 Å². The summed E-state index contributed by atoms with van der Waals surface area (Å²) in [6, 6.07) is 7.36. The molecule has 0 saturated carbocycles. The van der Waals surface area contributed by atoms with Gasteiger partial charge in [0.2, 0.25) is 5.91 Å². The van der Waals surface area contributed by atoms with Gasteiger partial charge in [0.05, 0.1) is 19.7 Å². The number of carbonyl (C=O) groups is 1. The predicted molar refractivity (Wildman–Crippen MR) is 77.1 cm³/mol. The number of ether oxygens (including phenoxy) is 2. The van der Waals surface area contributed by atoms with Crippen LogP contribution in [0.4, 0.5) is 0 Å². The Morgan fingerprint density at radius 3 is 2.70 bits per heavy atom. The van der Waals surface area contributed by atoms with Gasteiger partial charge in [-0.25, -0.2) is 0 Å². The number of rotatable bonds is 6. The number of piperidine rings is 1. The molecule has 1 amide bonds. The molecule has 0 aromatic heterocycles. The van der Waals surface area contributed by atoms with Crippen molar-refractivity contribution >= 4 is 5.91 Å². The van der Waals surface area contributed by atoms with Crippen LogP contribution >= 0.6 is 0 Å². The van der Waals surface area contributed by atoms with Crippen LogP contribution < -0.4 is 20.1 Å². The van der Waals surface area contributed by atoms with Crippen molar-refractivity contribution in [2.75, 3.05) is 26.8 Å². The van der Waals surface area contributed by atoms with E-state index in [2.05, 4.69) is 10.6 Å². The Morgan fingerprint density at radius 1 is 1.30 bits per heavy atom. The summed E-state index contributed by atoms with van der Waals surface area (Å²) in [5.41, 5.74) is 0. The lowest BCUT2D eigenvalue weighted by Crippen LogP contribution is -2.47. The molecule has 0 bridgehead atoms. The van der Waals surface area contributed by atoms with Crippen LogP contribution in [0.1, 0.15) is 19.3 Å². The highest BCUT2D eigenvalue weighted by Gasteiger charge is 2.19. The second-order valence-corrected chi connectivity index (χ2v) is 4.82. The third-order valence-electron chi connectivity index (χ3n) is 3.36. The Hall–Kier alpha value is -1.75. The number of benzene rings is 1. The predicted octanol–water partition coefficient (Wildman–Crippen LogP) is 1.33. The molecule has 1 unspecified atom stereocenters. The van der Waals surface area contributed by atoms with Crippen molar-refractivity contribution in [2.24, 2.45) is 0 Å². The van der Waals surface area contributed by atoms with Crippen LogP contribution in [0.3, 0.4) is 0 Å². The fourth-order valence-corrected chi connectivity index (χ4v) is 2.21. The second-order valence-electron chi connectivity index (χ2n) is 4.82. The standard InChI is InChI=1S/C15H22N2O3/c1-19-12-5-7-13(8-6-12)20-11-10-17-15(18)14-4-2-3-9-16-14/h5-8,14,16H,2-4,9-11H2,1H3,(H,17,18). The van der Waals surface area contributed by atoms with E-state index in [1.54, 1.807) is 7.11 Å². The molecule has 5 heteroatoms. The third-order valence-corrected chi connectivity index (χ3v) is 3.36. The van der Waals surface area contributed by atoms with Gasteiger partial charge < -0.3 is 20.1 Å². The second kappa shape index (κ2) is 7.75. The largest absolute Gasteiger partial charge is 0.497 e. The molecule has 5 nitrogen and oxygen atoms in total. The first-order valence-electron chi connectivity index (χ1n) is 7.07. The molecule has 1 aliphatic heterocycles. The van der Waals surface area contributed by atoms with Crippen LogP contribution in [0, 0.1) is 0 Å². The van der Waals surface area contributed by atoms with E-state index >= 15 is 0 Å². The minimum Gasteiger partial charge on any atom is -0.497 e. The first-order valence-corrected chi connectivity index (χ1v) is 7.07. The molecular weight excluding hydrogens is 256 g/mol. The molecule has 0 aliphatic carbocycles. The lowest BCUT2D eigenvalue weighted by Gasteiger charge is -2.22. The molecular formula is C15H22N2O3. The van der Waals surface area contributed by atoms with Gasteiger partial charge in [0.1, 0.15) is 18.1 Å². The molecule has 2 rings (SSSR count). The minimum atomic E-state index is -0.0373. The Labute approximate surface area is 119 Å². The van der Waals surface area contributed by atoms with E-state index < -0.39 is 0 Å². The van der Waals surface area contributed by atoms with Crippen molar-refractivity contribution < 1.29 is 14.3 Å². The monoisotopic (exact) mass is 278 g/mol. The van der Waals surface area contributed by atoms with E-state index in [9.17, 15) is 4.79 Å². The van der Waals surface area contributed by atoms with E-state index in [-0.39, 0.29) is 11.9 Å². The van der Waals surface area contributed by atoms with E-state index in [4.69, 9.17) is 9.47 Å². The highest BCUT2D eigenvalue weighted by molar-refractivity contribution is 5.81. The SMILES string of the molecule is COc1ccc(OCCNC(=O)C2CCCCN2)cc1. The summed E-state index contributed by atoms with van der Waals surface area (Å²) in [6.07, 6.45) is 3.20. The lowest BCUT2D eigenvalue weighted by atomic mass is 10.0. The topological polar surface area (TPSA) is 59.6 Å². The first kappa shape index (κ1) is 14.7. The number of amides is 1. The number of hydrogen-bond acceptors (Lipinski definition) is 4. The molecule has 1 heterocycles. The van der Waals surface area contributed by atoms with Gasteiger partial charge in [-0.1, -0.05) is 6.42 Å². The maximum absolute atomic E-state index is 11.8. The number of nitrogens with one attached hydrogen (secondary N) is 2. The lowest BCUT2D eigenvalue weighted by molar-refractivity contribution is -0.123. The summed E-state index contributed by atoms with van der Waals surface area (Å²) in [4.78, 5) is 11.8. The van der Waals surface area contributed by atoms with E-state index in [1.165, 1.54) is 0 Å². The minimum absolute atomic E-state index is 0.0373. The van der Waals surface area contributed by atoms with Crippen LogP contribution in [0.2, 0.25) is 0 Å². The summed E-state index contributed by atoms with van der Waals surface area (Å²) in [5, 5.41) is 6.12. The summed E-state index contributed by atoms with van der Waals surface area (Å²) in [6.45, 7) is 1.91. The molecule has 0 spiro atoms. The van der Waals surface area contributed by atoms with Crippen LogP contribution in [-0.4, -0.2) is 38.8 Å². The van der Waals surface area contributed by atoms with E-state index in [0.29, 0.717) is 13.2 Å². The van der Waals surface area contributed by atoms with Gasteiger partial charge >= 0.3 is 0 Å². The molecule has 1 atom stereocenters. The quantitative estimate of drug-likeness (QED) is 0.771. The molecule has 110 valence electrons. The molecule has 0 radical (unpaired) electrons. The van der Waals surface area contributed by atoms with Crippen molar-refractivity contribution in [3.63, 3.8) is 0 Å². The molecule has 1 aliphatic rings. The van der Waals surface area contributed by atoms with Crippen LogP contribution in [0.15, 0.2) is 24.3 Å². The Bertz CT molecular complexity index is 414. The highest BCUT2D eigenvalue weighted by atomic mass is 16.5. The molecule has 1 aromatic rings. The van der Waals surface area contributed by atoms with Gasteiger partial charge in [-0.05, 0) is 43.7 Å². The van der Waals surface area contributed by atoms with Crippen molar-refractivity contribution in [1.82, 2.24) is 10.6 Å². The smallest absolute Gasteiger partial charge is 0.237 e. The zero-order chi connectivity index (χ0) is 14.2. The summed E-state index contributed by atoms with van der Waals surface area (Å²) in [5.74, 6) is 1.65. The van der Waals surface area contributed by atoms with Gasteiger partial charge in [0.25, 0.3) is 0 Å². The average molecular weight is 278 g/mol. The molecule has 2 N–H and O–H groups in total. The summed E-state index contributed by atoms with van der Waals surface area (Å²) in [7, 11) is 1.63. The van der Waals surface area contributed by atoms with Crippen molar-refractivity contribution in [2.45, 2.75) is 25.3 Å². The fourth-order valence-electron chi connectivity index (χ4n) is 2.21. The van der Waals surface area contributed by atoms with Gasteiger partial charge in [-0.15, -0.1) is 0 Å². The zero-order valence-electron chi connectivity index (χ0n) is 11.9. The van der Waals surface area contributed by atoms with Gasteiger partial charge in [-0.2, -0.15) is 0 Å². The van der Waals surface area contributed by atoms with Gasteiger partial charge in [0.15, 0.2) is 0 Å². The van der Waals surface area contributed by atoms with Crippen molar-refractivity contribution in [3.05, 3.63) is 24.3 Å². The molecule has 1 aromatic carbocycles. The maximum atomic E-state index is 11.8. The summed E-state index contributed by atoms with van der Waals surface area (Å²) >= 11 is 0. The van der Waals surface area contributed by atoms with E-state index in [1.807, 2.05) is 24.3 Å². The van der Waals surface area contributed by atoms with Gasteiger partial charge in [-0.3, -0.25) is 4.79 Å². The first-order chi connectivity index (χ1) is 9.79.